The third-order valence-corrected chi connectivity index (χ3v) is 8.07. The fourth-order valence-corrected chi connectivity index (χ4v) is 6.12. The number of H-pyrrole nitrogens is 1. The lowest BCUT2D eigenvalue weighted by atomic mass is 9.82. The molecule has 34 heavy (non-hydrogen) atoms. The third-order valence-electron chi connectivity index (χ3n) is 6.99. The van der Waals surface area contributed by atoms with E-state index in [1.807, 2.05) is 31.2 Å². The number of fused-ring (bicyclic) bond motifs is 2. The lowest BCUT2D eigenvalue weighted by molar-refractivity contribution is 0.0815. The van der Waals surface area contributed by atoms with E-state index in [0.717, 1.165) is 53.0 Å². The molecule has 0 radical (unpaired) electrons. The number of carbonyl (C=O) groups excluding carboxylic acids is 2. The van der Waals surface area contributed by atoms with Gasteiger partial charge in [-0.05, 0) is 57.4 Å². The number of aryl methyl sites for hydroxylation is 1. The van der Waals surface area contributed by atoms with E-state index in [0.29, 0.717) is 23.5 Å². The maximum atomic E-state index is 13.1. The summed E-state index contributed by atoms with van der Waals surface area (Å²) >= 11 is 1.45. The molecule has 9 heteroatoms. The molecule has 5 rings (SSSR count). The fourth-order valence-electron chi connectivity index (χ4n) is 5.03. The summed E-state index contributed by atoms with van der Waals surface area (Å²) in [6, 6.07) is 7.41. The van der Waals surface area contributed by atoms with Crippen molar-refractivity contribution < 1.29 is 14.7 Å². The van der Waals surface area contributed by atoms with Gasteiger partial charge in [-0.15, -0.1) is 11.3 Å². The molecule has 0 spiro atoms. The number of aromatic amines is 1. The monoisotopic (exact) mass is 481 g/mol. The van der Waals surface area contributed by atoms with Crippen LogP contribution in [0.15, 0.2) is 24.3 Å². The molecule has 1 fully saturated rings. The van der Waals surface area contributed by atoms with Crippen molar-refractivity contribution in [3.63, 3.8) is 0 Å². The van der Waals surface area contributed by atoms with Crippen molar-refractivity contribution in [2.45, 2.75) is 51.2 Å². The zero-order chi connectivity index (χ0) is 23.8. The van der Waals surface area contributed by atoms with E-state index in [4.69, 9.17) is 0 Å². The van der Waals surface area contributed by atoms with Gasteiger partial charge in [0.2, 0.25) is 0 Å². The molecule has 2 aliphatic rings. The summed E-state index contributed by atoms with van der Waals surface area (Å²) in [5.41, 5.74) is 3.58. The number of hydrogen-bond acceptors (Lipinski definition) is 6. The second kappa shape index (κ2) is 9.48. The van der Waals surface area contributed by atoms with Crippen molar-refractivity contribution in [1.29, 1.82) is 0 Å². The molecule has 1 aliphatic carbocycles. The summed E-state index contributed by atoms with van der Waals surface area (Å²) in [6.07, 6.45) is 2.97. The van der Waals surface area contributed by atoms with Gasteiger partial charge in [0.1, 0.15) is 5.69 Å². The number of benzene rings is 1. The Kier molecular flexibility index (Phi) is 6.42. The van der Waals surface area contributed by atoms with Crippen molar-refractivity contribution in [2.24, 2.45) is 5.92 Å². The number of aliphatic hydroxyl groups is 1. The number of thiazole rings is 1. The van der Waals surface area contributed by atoms with Gasteiger partial charge in [0.15, 0.2) is 5.01 Å². The Morgan fingerprint density at radius 1 is 1.21 bits per heavy atom. The average Bonchev–Trinajstić information content (AvgIpc) is 3.43. The van der Waals surface area contributed by atoms with Crippen LogP contribution in [-0.2, 0) is 13.0 Å². The van der Waals surface area contributed by atoms with Crippen LogP contribution in [0.3, 0.4) is 0 Å². The van der Waals surface area contributed by atoms with Crippen LogP contribution in [-0.4, -0.2) is 64.1 Å². The first kappa shape index (κ1) is 23.0. The number of amides is 2. The standard InChI is InChI=1S/C25H31N5O3S/c1-14-3-5-17-16(9-14)11-21(26-17)23(32)27-18-6-4-15(13-31)10-20(18)28-24(33)25-29-19-7-8-30(2)12-22(19)34-25/h3,5,9,11,15,18,20,26,31H,4,6-8,10,12-13H2,1-2H3,(H,27,32)(H,28,33)/t15-,18+,20+/m0/s1. The quantitative estimate of drug-likeness (QED) is 0.448. The maximum absolute atomic E-state index is 13.1. The van der Waals surface area contributed by atoms with Gasteiger partial charge in [-0.3, -0.25) is 9.59 Å². The van der Waals surface area contributed by atoms with E-state index < -0.39 is 0 Å². The topological polar surface area (TPSA) is 110 Å². The molecule has 0 saturated heterocycles. The second-order valence-corrected chi connectivity index (χ2v) is 10.8. The van der Waals surface area contributed by atoms with E-state index in [1.54, 1.807) is 0 Å². The Labute approximate surface area is 202 Å². The van der Waals surface area contributed by atoms with Crippen molar-refractivity contribution in [1.82, 2.24) is 25.5 Å². The van der Waals surface area contributed by atoms with Gasteiger partial charge < -0.3 is 25.6 Å². The molecule has 3 atom stereocenters. The van der Waals surface area contributed by atoms with Crippen molar-refractivity contribution in [3.8, 4) is 0 Å². The van der Waals surface area contributed by atoms with Gasteiger partial charge in [0, 0.05) is 54.0 Å². The Hall–Kier alpha value is -2.75. The molecule has 1 aliphatic heterocycles. The number of likely N-dealkylation sites (N-methyl/N-ethyl adjacent to an activating group) is 1. The highest BCUT2D eigenvalue weighted by Gasteiger charge is 2.34. The molecule has 1 aromatic carbocycles. The Bertz CT molecular complexity index is 1220. The average molecular weight is 482 g/mol. The van der Waals surface area contributed by atoms with Gasteiger partial charge in [-0.1, -0.05) is 11.6 Å². The normalized spacial score (nSPS) is 23.0. The third kappa shape index (κ3) is 4.73. The summed E-state index contributed by atoms with van der Waals surface area (Å²) in [5, 5.41) is 17.4. The van der Waals surface area contributed by atoms with Crippen molar-refractivity contribution >= 4 is 34.1 Å². The summed E-state index contributed by atoms with van der Waals surface area (Å²) in [6.45, 7) is 3.86. The highest BCUT2D eigenvalue weighted by atomic mass is 32.1. The van der Waals surface area contributed by atoms with Gasteiger partial charge in [0.25, 0.3) is 11.8 Å². The number of nitrogens with zero attached hydrogens (tertiary/aromatic N) is 2. The first-order valence-corrected chi connectivity index (χ1v) is 12.7. The highest BCUT2D eigenvalue weighted by Crippen LogP contribution is 2.28. The van der Waals surface area contributed by atoms with Crippen LogP contribution in [0.2, 0.25) is 0 Å². The molecule has 0 unspecified atom stereocenters. The van der Waals surface area contributed by atoms with E-state index >= 15 is 0 Å². The molecule has 180 valence electrons. The molecule has 3 heterocycles. The second-order valence-electron chi connectivity index (χ2n) is 9.67. The number of carbonyl (C=O) groups is 2. The first-order valence-electron chi connectivity index (χ1n) is 11.9. The SMILES string of the molecule is Cc1ccc2[nH]c(C(=O)N[C@@H]3CC[C@H](CO)C[C@H]3NC(=O)c3nc4c(s3)CN(C)CC4)cc2c1. The molecule has 1 saturated carbocycles. The van der Waals surface area contributed by atoms with Gasteiger partial charge in [-0.2, -0.15) is 0 Å². The highest BCUT2D eigenvalue weighted by molar-refractivity contribution is 7.13. The summed E-state index contributed by atoms with van der Waals surface area (Å²) in [5.74, 6) is -0.285. The van der Waals surface area contributed by atoms with Crippen LogP contribution >= 0.6 is 11.3 Å². The van der Waals surface area contributed by atoms with Crippen LogP contribution in [0.25, 0.3) is 10.9 Å². The molecular formula is C25H31N5O3S. The zero-order valence-corrected chi connectivity index (χ0v) is 20.4. The molecule has 8 nitrogen and oxygen atoms in total. The number of aliphatic hydroxyl groups excluding tert-OH is 1. The molecule has 2 amide bonds. The molecule has 4 N–H and O–H groups in total. The van der Waals surface area contributed by atoms with Crippen molar-refractivity contribution in [3.05, 3.63) is 51.1 Å². The Balaban J connectivity index is 1.30. The molecular weight excluding hydrogens is 450 g/mol. The summed E-state index contributed by atoms with van der Waals surface area (Å²) in [7, 11) is 2.07. The summed E-state index contributed by atoms with van der Waals surface area (Å²) < 4.78 is 0. The van der Waals surface area contributed by atoms with E-state index in [-0.39, 0.29) is 36.4 Å². The molecule has 3 aromatic rings. The molecule has 2 aromatic heterocycles. The maximum Gasteiger partial charge on any atom is 0.280 e. The van der Waals surface area contributed by atoms with Crippen LogP contribution < -0.4 is 10.6 Å². The van der Waals surface area contributed by atoms with Gasteiger partial charge >= 0.3 is 0 Å². The van der Waals surface area contributed by atoms with E-state index in [9.17, 15) is 14.7 Å². The van der Waals surface area contributed by atoms with Crippen molar-refractivity contribution in [2.75, 3.05) is 20.2 Å². The predicted octanol–water partition coefficient (Wildman–Crippen LogP) is 2.61. The lowest BCUT2D eigenvalue weighted by Gasteiger charge is -2.36. The largest absolute Gasteiger partial charge is 0.396 e. The predicted molar refractivity (Wildman–Crippen MR) is 132 cm³/mol. The molecule has 0 bridgehead atoms. The summed E-state index contributed by atoms with van der Waals surface area (Å²) in [4.78, 5) is 37.3. The Morgan fingerprint density at radius 2 is 2.03 bits per heavy atom. The minimum atomic E-state index is -0.266. The zero-order valence-electron chi connectivity index (χ0n) is 19.6. The lowest BCUT2D eigenvalue weighted by Crippen LogP contribution is -2.55. The van der Waals surface area contributed by atoms with Crippen LogP contribution in [0.1, 0.15) is 55.7 Å². The van der Waals surface area contributed by atoms with Gasteiger partial charge in [-0.25, -0.2) is 4.98 Å². The smallest absolute Gasteiger partial charge is 0.280 e. The minimum absolute atomic E-state index is 0.0757. The fraction of sp³-hybridized carbons (Fsp3) is 0.480. The number of hydrogen-bond donors (Lipinski definition) is 4. The minimum Gasteiger partial charge on any atom is -0.396 e. The van der Waals surface area contributed by atoms with Crippen LogP contribution in [0, 0.1) is 12.8 Å². The number of nitrogens with one attached hydrogen (secondary N) is 3. The Morgan fingerprint density at radius 3 is 2.85 bits per heavy atom. The number of aromatic nitrogens is 2. The van der Waals surface area contributed by atoms with Crippen LogP contribution in [0.5, 0.6) is 0 Å². The van der Waals surface area contributed by atoms with E-state index in [1.165, 1.54) is 11.3 Å². The number of rotatable bonds is 5. The van der Waals surface area contributed by atoms with Gasteiger partial charge in [0.05, 0.1) is 5.69 Å². The first-order chi connectivity index (χ1) is 16.4. The van der Waals surface area contributed by atoms with E-state index in [2.05, 4.69) is 32.5 Å². The van der Waals surface area contributed by atoms with Crippen LogP contribution in [0.4, 0.5) is 0 Å².